The highest BCUT2D eigenvalue weighted by atomic mass is 16.5. The summed E-state index contributed by atoms with van der Waals surface area (Å²) in [5.74, 6) is 2.19. The second-order valence-electron chi connectivity index (χ2n) is 3.68. The van der Waals surface area contributed by atoms with Crippen LogP contribution in [0.4, 0.5) is 0 Å². The van der Waals surface area contributed by atoms with Crippen molar-refractivity contribution in [3.8, 4) is 0 Å². The Morgan fingerprint density at radius 2 is 2.29 bits per heavy atom. The van der Waals surface area contributed by atoms with Gasteiger partial charge in [-0.2, -0.15) is 4.98 Å². The molecular weight excluding hydrogens is 178 g/mol. The van der Waals surface area contributed by atoms with Crippen molar-refractivity contribution in [2.24, 2.45) is 5.92 Å². The number of likely N-dealkylation sites (N-methyl/N-ethyl adjacent to an activating group) is 1. The van der Waals surface area contributed by atoms with Gasteiger partial charge in [-0.15, -0.1) is 0 Å². The van der Waals surface area contributed by atoms with Gasteiger partial charge in [-0.05, 0) is 13.0 Å². The van der Waals surface area contributed by atoms with E-state index in [1.165, 1.54) is 0 Å². The van der Waals surface area contributed by atoms with Crippen LogP contribution in [0.1, 0.15) is 32.0 Å². The van der Waals surface area contributed by atoms with E-state index in [0.29, 0.717) is 5.92 Å². The molecule has 0 fully saturated rings. The Kier molecular flexibility index (Phi) is 4.59. The third-order valence-electron chi connectivity index (χ3n) is 2.33. The van der Waals surface area contributed by atoms with Crippen LogP contribution in [0.5, 0.6) is 0 Å². The first-order chi connectivity index (χ1) is 6.76. The van der Waals surface area contributed by atoms with E-state index in [9.17, 15) is 0 Å². The molecule has 4 nitrogen and oxygen atoms in total. The lowest BCUT2D eigenvalue weighted by Crippen LogP contribution is -2.11. The molecule has 4 heteroatoms. The smallest absolute Gasteiger partial charge is 0.226 e. The average molecular weight is 197 g/mol. The maximum Gasteiger partial charge on any atom is 0.226 e. The Hall–Kier alpha value is -0.900. The Bertz CT molecular complexity index is 260. The molecule has 1 aromatic heterocycles. The molecule has 0 spiro atoms. The maximum absolute atomic E-state index is 5.15. The lowest BCUT2D eigenvalue weighted by atomic mass is 10.1. The van der Waals surface area contributed by atoms with Crippen LogP contribution in [-0.2, 0) is 12.8 Å². The molecular formula is C10H19N3O. The Morgan fingerprint density at radius 1 is 1.50 bits per heavy atom. The first-order valence-electron chi connectivity index (χ1n) is 5.22. The summed E-state index contributed by atoms with van der Waals surface area (Å²) in [6, 6.07) is 0. The van der Waals surface area contributed by atoms with Gasteiger partial charge in [-0.25, -0.2) is 0 Å². The molecule has 0 aliphatic rings. The van der Waals surface area contributed by atoms with Crippen molar-refractivity contribution in [1.29, 1.82) is 0 Å². The quantitative estimate of drug-likeness (QED) is 0.749. The first kappa shape index (κ1) is 11.2. The van der Waals surface area contributed by atoms with Gasteiger partial charge < -0.3 is 9.84 Å². The van der Waals surface area contributed by atoms with Crippen molar-refractivity contribution in [3.63, 3.8) is 0 Å². The molecule has 1 rings (SSSR count). The van der Waals surface area contributed by atoms with E-state index in [2.05, 4.69) is 29.3 Å². The Labute approximate surface area is 85.1 Å². The summed E-state index contributed by atoms with van der Waals surface area (Å²) in [6.45, 7) is 5.25. The zero-order valence-electron chi connectivity index (χ0n) is 9.21. The fourth-order valence-corrected chi connectivity index (χ4v) is 1.15. The third-order valence-corrected chi connectivity index (χ3v) is 2.33. The number of hydrogen-bond acceptors (Lipinski definition) is 4. The molecule has 0 aliphatic carbocycles. The minimum Gasteiger partial charge on any atom is -0.339 e. The van der Waals surface area contributed by atoms with Gasteiger partial charge in [0, 0.05) is 19.4 Å². The van der Waals surface area contributed by atoms with Crippen LogP contribution < -0.4 is 5.32 Å². The second kappa shape index (κ2) is 5.75. The molecule has 0 aromatic carbocycles. The maximum atomic E-state index is 5.15. The topological polar surface area (TPSA) is 51.0 Å². The van der Waals surface area contributed by atoms with Crippen LogP contribution in [0.25, 0.3) is 0 Å². The molecule has 0 bridgehead atoms. The largest absolute Gasteiger partial charge is 0.339 e. The molecule has 0 saturated carbocycles. The van der Waals surface area contributed by atoms with E-state index >= 15 is 0 Å². The standard InChI is InChI=1S/C10H19N3O/c1-4-8(2)7-10-12-9(13-14-10)5-6-11-3/h8,11H,4-7H2,1-3H3. The minimum atomic E-state index is 0.618. The molecule has 0 saturated heterocycles. The van der Waals surface area contributed by atoms with Gasteiger partial charge in [0.2, 0.25) is 5.89 Å². The van der Waals surface area contributed by atoms with Crippen LogP contribution in [0.3, 0.4) is 0 Å². The molecule has 0 radical (unpaired) electrons. The molecule has 1 N–H and O–H groups in total. The summed E-state index contributed by atoms with van der Waals surface area (Å²) in [7, 11) is 1.92. The van der Waals surface area contributed by atoms with Gasteiger partial charge in [0.05, 0.1) is 0 Å². The molecule has 80 valence electrons. The van der Waals surface area contributed by atoms with Crippen LogP contribution in [0, 0.1) is 5.92 Å². The van der Waals surface area contributed by atoms with Crippen molar-refractivity contribution < 1.29 is 4.52 Å². The monoisotopic (exact) mass is 197 g/mol. The van der Waals surface area contributed by atoms with Gasteiger partial charge >= 0.3 is 0 Å². The number of nitrogens with zero attached hydrogens (tertiary/aromatic N) is 2. The van der Waals surface area contributed by atoms with Crippen molar-refractivity contribution in [2.75, 3.05) is 13.6 Å². The van der Waals surface area contributed by atoms with Gasteiger partial charge in [0.15, 0.2) is 5.82 Å². The number of aromatic nitrogens is 2. The molecule has 1 heterocycles. The SMILES string of the molecule is CCC(C)Cc1nc(CCNC)no1. The lowest BCUT2D eigenvalue weighted by Gasteiger charge is -2.01. The van der Waals surface area contributed by atoms with E-state index in [-0.39, 0.29) is 0 Å². The lowest BCUT2D eigenvalue weighted by molar-refractivity contribution is 0.351. The molecule has 1 unspecified atom stereocenters. The minimum absolute atomic E-state index is 0.618. The van der Waals surface area contributed by atoms with Crippen LogP contribution in [0.2, 0.25) is 0 Å². The van der Waals surface area contributed by atoms with E-state index in [4.69, 9.17) is 4.52 Å². The van der Waals surface area contributed by atoms with E-state index in [1.807, 2.05) is 7.05 Å². The summed E-state index contributed by atoms with van der Waals surface area (Å²) < 4.78 is 5.15. The number of hydrogen-bond donors (Lipinski definition) is 1. The molecule has 0 amide bonds. The zero-order valence-corrected chi connectivity index (χ0v) is 9.21. The third kappa shape index (κ3) is 3.46. The van der Waals surface area contributed by atoms with Crippen molar-refractivity contribution >= 4 is 0 Å². The number of nitrogens with one attached hydrogen (secondary N) is 1. The predicted molar refractivity (Wildman–Crippen MR) is 55.1 cm³/mol. The summed E-state index contributed by atoms with van der Waals surface area (Å²) in [6.07, 6.45) is 2.87. The second-order valence-corrected chi connectivity index (χ2v) is 3.68. The normalized spacial score (nSPS) is 13.1. The van der Waals surface area contributed by atoms with Gasteiger partial charge in [-0.1, -0.05) is 25.4 Å². The number of rotatable bonds is 6. The van der Waals surface area contributed by atoms with E-state index < -0.39 is 0 Å². The van der Waals surface area contributed by atoms with Crippen molar-refractivity contribution in [2.45, 2.75) is 33.1 Å². The van der Waals surface area contributed by atoms with E-state index in [0.717, 1.165) is 37.5 Å². The molecule has 0 aliphatic heterocycles. The van der Waals surface area contributed by atoms with Crippen molar-refractivity contribution in [3.05, 3.63) is 11.7 Å². The van der Waals surface area contributed by atoms with Crippen LogP contribution in [-0.4, -0.2) is 23.7 Å². The van der Waals surface area contributed by atoms with Gasteiger partial charge in [0.1, 0.15) is 0 Å². The Morgan fingerprint density at radius 3 is 2.93 bits per heavy atom. The summed E-state index contributed by atoms with van der Waals surface area (Å²) >= 11 is 0. The summed E-state index contributed by atoms with van der Waals surface area (Å²) in [5.41, 5.74) is 0. The fraction of sp³-hybridized carbons (Fsp3) is 0.800. The highest BCUT2D eigenvalue weighted by Crippen LogP contribution is 2.09. The summed E-state index contributed by atoms with van der Waals surface area (Å²) in [5, 5.41) is 6.97. The van der Waals surface area contributed by atoms with E-state index in [1.54, 1.807) is 0 Å². The zero-order chi connectivity index (χ0) is 10.4. The average Bonchev–Trinajstić information content (AvgIpc) is 2.62. The van der Waals surface area contributed by atoms with Crippen molar-refractivity contribution in [1.82, 2.24) is 15.5 Å². The first-order valence-corrected chi connectivity index (χ1v) is 5.22. The predicted octanol–water partition coefficient (Wildman–Crippen LogP) is 1.42. The van der Waals surface area contributed by atoms with Gasteiger partial charge in [0.25, 0.3) is 0 Å². The molecule has 1 aromatic rings. The van der Waals surface area contributed by atoms with Gasteiger partial charge in [-0.3, -0.25) is 0 Å². The Balaban J connectivity index is 2.42. The molecule has 1 atom stereocenters. The summed E-state index contributed by atoms with van der Waals surface area (Å²) in [4.78, 5) is 4.32. The fourth-order valence-electron chi connectivity index (χ4n) is 1.15. The highest BCUT2D eigenvalue weighted by Gasteiger charge is 2.08. The highest BCUT2D eigenvalue weighted by molar-refractivity contribution is 4.88. The van der Waals surface area contributed by atoms with Crippen LogP contribution >= 0.6 is 0 Å². The van der Waals surface area contributed by atoms with Crippen LogP contribution in [0.15, 0.2) is 4.52 Å². The molecule has 14 heavy (non-hydrogen) atoms.